The minimum atomic E-state index is 0.116. The van der Waals surface area contributed by atoms with Crippen molar-refractivity contribution in [1.82, 2.24) is 5.32 Å². The van der Waals surface area contributed by atoms with Crippen LogP contribution < -0.4 is 19.5 Å². The zero-order valence-electron chi connectivity index (χ0n) is 14.1. The number of benzene rings is 2. The maximum atomic E-state index is 10.3. The largest absolute Gasteiger partial charge is 0.504 e. The zero-order chi connectivity index (χ0) is 17.1. The number of likely N-dealkylation sites (N-methyl/N-ethyl adjacent to an activating group) is 1. The Bertz CT molecular complexity index is 783. The number of methoxy groups -OCH3 is 2. The van der Waals surface area contributed by atoms with E-state index < -0.39 is 0 Å². The number of rotatable bonds is 5. The van der Waals surface area contributed by atoms with Gasteiger partial charge in [0.2, 0.25) is 0 Å². The molecule has 0 atom stereocenters. The topological polar surface area (TPSA) is 60.0 Å². The third kappa shape index (κ3) is 2.90. The SMILES string of the molecule is CNCCc1ccc(O)c2c1C=Cc1cc(OC)c(OC)cc1O2. The Kier molecular flexibility index (Phi) is 4.62. The molecule has 0 fully saturated rings. The van der Waals surface area contributed by atoms with E-state index in [1.165, 1.54) is 0 Å². The van der Waals surface area contributed by atoms with Gasteiger partial charge in [-0.05, 0) is 37.7 Å². The van der Waals surface area contributed by atoms with E-state index in [-0.39, 0.29) is 5.75 Å². The van der Waals surface area contributed by atoms with Crippen LogP contribution in [0.3, 0.4) is 0 Å². The standard InChI is InChI=1S/C19H21NO4/c1-20-9-8-12-5-7-15(21)19-14(12)6-4-13-10-17(22-2)18(23-3)11-16(13)24-19/h4-7,10-11,20-21H,8-9H2,1-3H3. The average molecular weight is 327 g/mol. The number of fused-ring (bicyclic) bond motifs is 2. The Hall–Kier alpha value is -2.66. The molecule has 1 heterocycles. The third-order valence-corrected chi connectivity index (χ3v) is 4.07. The lowest BCUT2D eigenvalue weighted by Crippen LogP contribution is -2.11. The summed E-state index contributed by atoms with van der Waals surface area (Å²) in [6, 6.07) is 7.23. The molecular formula is C19H21NO4. The number of phenols is 1. The van der Waals surface area contributed by atoms with Crippen molar-refractivity contribution in [1.29, 1.82) is 0 Å². The van der Waals surface area contributed by atoms with Gasteiger partial charge in [0, 0.05) is 17.2 Å². The molecular weight excluding hydrogens is 306 g/mol. The van der Waals surface area contributed by atoms with Gasteiger partial charge >= 0.3 is 0 Å². The second kappa shape index (κ2) is 6.84. The molecule has 2 N–H and O–H groups in total. The molecule has 5 heteroatoms. The monoisotopic (exact) mass is 327 g/mol. The molecule has 126 valence electrons. The maximum absolute atomic E-state index is 10.3. The summed E-state index contributed by atoms with van der Waals surface area (Å²) in [6.07, 6.45) is 4.78. The summed E-state index contributed by atoms with van der Waals surface area (Å²) in [6.45, 7) is 0.847. The molecule has 5 nitrogen and oxygen atoms in total. The van der Waals surface area contributed by atoms with Gasteiger partial charge in [0.05, 0.1) is 14.2 Å². The van der Waals surface area contributed by atoms with Gasteiger partial charge in [0.25, 0.3) is 0 Å². The summed E-state index contributed by atoms with van der Waals surface area (Å²) in [5.41, 5.74) is 2.86. The van der Waals surface area contributed by atoms with Gasteiger partial charge in [-0.3, -0.25) is 0 Å². The molecule has 0 amide bonds. The van der Waals surface area contributed by atoms with Crippen LogP contribution in [0.2, 0.25) is 0 Å². The molecule has 0 radical (unpaired) electrons. The number of hydrogen-bond acceptors (Lipinski definition) is 5. The molecule has 0 spiro atoms. The number of aromatic hydroxyl groups is 1. The quantitative estimate of drug-likeness (QED) is 0.752. The zero-order valence-corrected chi connectivity index (χ0v) is 14.1. The van der Waals surface area contributed by atoms with Crippen LogP contribution in [-0.4, -0.2) is 32.9 Å². The van der Waals surface area contributed by atoms with E-state index in [4.69, 9.17) is 14.2 Å². The van der Waals surface area contributed by atoms with E-state index >= 15 is 0 Å². The van der Waals surface area contributed by atoms with Crippen LogP contribution in [0.15, 0.2) is 24.3 Å². The van der Waals surface area contributed by atoms with E-state index in [1.54, 1.807) is 26.4 Å². The number of hydrogen-bond donors (Lipinski definition) is 2. The molecule has 2 aromatic carbocycles. The Morgan fingerprint density at radius 1 is 1.08 bits per heavy atom. The summed E-state index contributed by atoms with van der Waals surface area (Å²) in [5.74, 6) is 2.41. The predicted molar refractivity (Wildman–Crippen MR) is 94.3 cm³/mol. The fourth-order valence-corrected chi connectivity index (χ4v) is 2.77. The lowest BCUT2D eigenvalue weighted by atomic mass is 10.0. The molecule has 1 aliphatic heterocycles. The van der Waals surface area contributed by atoms with Gasteiger partial charge in [-0.1, -0.05) is 18.2 Å². The molecule has 2 aromatic rings. The summed E-state index contributed by atoms with van der Waals surface area (Å²) in [4.78, 5) is 0. The van der Waals surface area contributed by atoms with Crippen molar-refractivity contribution in [2.75, 3.05) is 27.8 Å². The highest BCUT2D eigenvalue weighted by Crippen LogP contribution is 2.44. The Balaban J connectivity index is 2.10. The second-order valence-corrected chi connectivity index (χ2v) is 5.52. The van der Waals surface area contributed by atoms with Crippen molar-refractivity contribution in [3.63, 3.8) is 0 Å². The van der Waals surface area contributed by atoms with Crippen LogP contribution in [0.5, 0.6) is 28.7 Å². The molecule has 0 saturated heterocycles. The van der Waals surface area contributed by atoms with Crippen LogP contribution in [0.25, 0.3) is 12.2 Å². The molecule has 0 saturated carbocycles. The Labute approximate surface area is 141 Å². The fourth-order valence-electron chi connectivity index (χ4n) is 2.77. The van der Waals surface area contributed by atoms with Gasteiger partial charge in [-0.2, -0.15) is 0 Å². The predicted octanol–water partition coefficient (Wildman–Crippen LogP) is 3.45. The number of phenolic OH excluding ortho intramolecular Hbond substituents is 1. The Morgan fingerprint density at radius 3 is 2.54 bits per heavy atom. The lowest BCUT2D eigenvalue weighted by molar-refractivity contribution is 0.351. The van der Waals surface area contributed by atoms with Crippen LogP contribution in [0.1, 0.15) is 16.7 Å². The molecule has 0 aliphatic carbocycles. The van der Waals surface area contributed by atoms with E-state index in [0.29, 0.717) is 23.0 Å². The third-order valence-electron chi connectivity index (χ3n) is 4.07. The van der Waals surface area contributed by atoms with Crippen molar-refractivity contribution in [3.05, 3.63) is 41.0 Å². The molecule has 3 rings (SSSR count). The first-order chi connectivity index (χ1) is 11.7. The van der Waals surface area contributed by atoms with Crippen molar-refractivity contribution in [2.24, 2.45) is 0 Å². The highest BCUT2D eigenvalue weighted by Gasteiger charge is 2.19. The van der Waals surface area contributed by atoms with Crippen molar-refractivity contribution >= 4 is 12.2 Å². The molecule has 0 aromatic heterocycles. The van der Waals surface area contributed by atoms with Crippen molar-refractivity contribution < 1.29 is 19.3 Å². The van der Waals surface area contributed by atoms with Crippen LogP contribution in [0.4, 0.5) is 0 Å². The summed E-state index contributed by atoms with van der Waals surface area (Å²) in [7, 11) is 5.10. The second-order valence-electron chi connectivity index (χ2n) is 5.52. The smallest absolute Gasteiger partial charge is 0.176 e. The number of nitrogens with one attached hydrogen (secondary N) is 1. The lowest BCUT2D eigenvalue weighted by Gasteiger charge is -2.15. The number of ether oxygens (including phenoxy) is 3. The van der Waals surface area contributed by atoms with Gasteiger partial charge in [-0.25, -0.2) is 0 Å². The minimum absolute atomic E-state index is 0.116. The molecule has 0 unspecified atom stereocenters. The van der Waals surface area contributed by atoms with E-state index in [2.05, 4.69) is 5.32 Å². The van der Waals surface area contributed by atoms with Crippen LogP contribution in [-0.2, 0) is 6.42 Å². The normalized spacial score (nSPS) is 12.0. The molecule has 24 heavy (non-hydrogen) atoms. The first kappa shape index (κ1) is 16.2. The minimum Gasteiger partial charge on any atom is -0.504 e. The van der Waals surface area contributed by atoms with Gasteiger partial charge in [0.15, 0.2) is 23.0 Å². The van der Waals surface area contributed by atoms with Gasteiger partial charge < -0.3 is 24.6 Å². The summed E-state index contributed by atoms with van der Waals surface area (Å²) >= 11 is 0. The first-order valence-corrected chi connectivity index (χ1v) is 7.79. The van der Waals surface area contributed by atoms with E-state index in [9.17, 15) is 5.11 Å². The average Bonchev–Trinajstić information content (AvgIpc) is 2.80. The van der Waals surface area contributed by atoms with Crippen LogP contribution in [0, 0.1) is 0 Å². The van der Waals surface area contributed by atoms with Crippen LogP contribution >= 0.6 is 0 Å². The van der Waals surface area contributed by atoms with E-state index in [1.807, 2.05) is 31.3 Å². The van der Waals surface area contributed by atoms with Gasteiger partial charge in [-0.15, -0.1) is 0 Å². The summed E-state index contributed by atoms with van der Waals surface area (Å²) in [5, 5.41) is 13.4. The maximum Gasteiger partial charge on any atom is 0.176 e. The Morgan fingerprint density at radius 2 is 1.83 bits per heavy atom. The molecule has 0 bridgehead atoms. The van der Waals surface area contributed by atoms with E-state index in [0.717, 1.165) is 29.7 Å². The first-order valence-electron chi connectivity index (χ1n) is 7.79. The summed E-state index contributed by atoms with van der Waals surface area (Å²) < 4.78 is 16.7. The molecule has 1 aliphatic rings. The van der Waals surface area contributed by atoms with Gasteiger partial charge in [0.1, 0.15) is 5.75 Å². The highest BCUT2D eigenvalue weighted by molar-refractivity contribution is 5.81. The van der Waals surface area contributed by atoms with Crippen molar-refractivity contribution in [2.45, 2.75) is 6.42 Å². The fraction of sp³-hybridized carbons (Fsp3) is 0.263. The van der Waals surface area contributed by atoms with Crippen molar-refractivity contribution in [3.8, 4) is 28.7 Å². The highest BCUT2D eigenvalue weighted by atomic mass is 16.5.